The zero-order valence-corrected chi connectivity index (χ0v) is 15.0. The molecular weight excluding hydrogens is 222 g/mol. The topological polar surface area (TPSA) is 3.24 Å². The average molecular weight is 256 g/mol. The second-order valence-corrected chi connectivity index (χ2v) is 6.85. The molecule has 0 rings (SSSR count). The highest BCUT2D eigenvalue weighted by Crippen LogP contribution is 2.18. The Kier molecular flexibility index (Phi) is 9.85. The van der Waals surface area contributed by atoms with Crippen LogP contribution in [-0.4, -0.2) is 34.3 Å². The lowest BCUT2D eigenvalue weighted by Gasteiger charge is -2.32. The fourth-order valence-corrected chi connectivity index (χ4v) is 2.65. The van der Waals surface area contributed by atoms with Crippen LogP contribution >= 0.6 is 0 Å². The second kappa shape index (κ2) is 9.90. The molecule has 0 saturated heterocycles. The highest BCUT2D eigenvalue weighted by molar-refractivity contribution is 6.21. The first kappa shape index (κ1) is 16.9. The molecule has 102 valence electrons. The molecule has 0 fully saturated rings. The van der Waals surface area contributed by atoms with E-state index in [1.54, 1.807) is 10.8 Å². The van der Waals surface area contributed by atoms with Crippen molar-refractivity contribution in [3.63, 3.8) is 0 Å². The number of allylic oxidation sites excluding steroid dienone is 1. The number of hydrogen-bond donors (Lipinski definition) is 0. The molecule has 0 aromatic carbocycles. The van der Waals surface area contributed by atoms with Crippen LogP contribution in [0.1, 0.15) is 66.7 Å². The summed E-state index contributed by atoms with van der Waals surface area (Å²) in [6, 6.07) is 0.700. The van der Waals surface area contributed by atoms with Gasteiger partial charge in [-0.2, -0.15) is 0 Å². The molecule has 0 aromatic heterocycles. The van der Waals surface area contributed by atoms with Crippen LogP contribution in [0, 0.1) is 0 Å². The van der Waals surface area contributed by atoms with E-state index in [1.807, 2.05) is 0 Å². The van der Waals surface area contributed by atoms with Crippen LogP contribution in [0.25, 0.3) is 0 Å². The van der Waals surface area contributed by atoms with E-state index in [2.05, 4.69) is 39.5 Å². The number of hydrogen-bond acceptors (Lipinski definition) is 1. The normalized spacial score (nSPS) is 15.2. The highest BCUT2D eigenvalue weighted by Gasteiger charge is 2.17. The van der Waals surface area contributed by atoms with Gasteiger partial charge in [0, 0.05) is 16.3 Å². The van der Waals surface area contributed by atoms with Crippen LogP contribution in [0.15, 0.2) is 10.8 Å². The van der Waals surface area contributed by atoms with Crippen molar-refractivity contribution < 1.29 is 0 Å². The van der Waals surface area contributed by atoms with E-state index in [0.29, 0.717) is 6.04 Å². The zero-order chi connectivity index (χ0) is 13.3. The van der Waals surface area contributed by atoms with Gasteiger partial charge in [-0.15, -0.1) is 0 Å². The van der Waals surface area contributed by atoms with Crippen molar-refractivity contribution in [1.29, 1.82) is 0 Å². The summed E-state index contributed by atoms with van der Waals surface area (Å²) in [6.45, 7) is 14.1. The van der Waals surface area contributed by atoms with Crippen molar-refractivity contribution >= 4 is 10.2 Å². The molecule has 0 amide bonds. The first-order valence-corrected chi connectivity index (χ1v) is 8.46. The number of unbranched alkanes of at least 4 members (excludes halogenated alkanes) is 2. The summed E-state index contributed by atoms with van der Waals surface area (Å²) in [7, 11) is 1.21. The molecule has 1 atom stereocenters. The highest BCUT2D eigenvalue weighted by atomic mass is 28.1. The summed E-state index contributed by atoms with van der Waals surface area (Å²) < 4.78 is 0. The van der Waals surface area contributed by atoms with E-state index in [-0.39, 0.29) is 0 Å². The predicted molar refractivity (Wildman–Crippen MR) is 83.8 cm³/mol. The van der Waals surface area contributed by atoms with Crippen molar-refractivity contribution in [2.45, 2.75) is 72.8 Å². The summed E-state index contributed by atoms with van der Waals surface area (Å²) in [5.41, 5.74) is 1.64. The molecule has 1 nitrogen and oxygen atoms in total. The Hall–Kier alpha value is -0.0831. The van der Waals surface area contributed by atoms with Gasteiger partial charge < -0.3 is 0 Å². The molecule has 0 bridgehead atoms. The summed E-state index contributed by atoms with van der Waals surface area (Å²) >= 11 is 0. The van der Waals surface area contributed by atoms with E-state index in [1.165, 1.54) is 55.4 Å². The van der Waals surface area contributed by atoms with Crippen LogP contribution in [0.3, 0.4) is 0 Å². The second-order valence-electron chi connectivity index (χ2n) is 5.35. The van der Waals surface area contributed by atoms with Crippen molar-refractivity contribution in [1.82, 2.24) is 4.90 Å². The number of nitrogens with zero attached hydrogens (tertiary/aromatic N) is 1. The molecule has 1 unspecified atom stereocenters. The Morgan fingerprint density at radius 1 is 1.00 bits per heavy atom. The van der Waals surface area contributed by atoms with Gasteiger partial charge >= 0.3 is 0 Å². The van der Waals surface area contributed by atoms with Crippen LogP contribution in [0.5, 0.6) is 0 Å². The standard InChI is InChI=1S/C15H33NSi/c1-6-9-11-16(12-10-7-2)15(8-3)13(4)14(5)17/h15H,6-12H2,1-5,17H3. The zero-order valence-electron chi connectivity index (χ0n) is 13.0. The molecule has 0 aliphatic carbocycles. The lowest BCUT2D eigenvalue weighted by atomic mass is 10.0. The molecule has 0 N–H and O–H groups in total. The van der Waals surface area contributed by atoms with E-state index >= 15 is 0 Å². The minimum atomic E-state index is 0.700. The van der Waals surface area contributed by atoms with Crippen molar-refractivity contribution in [3.05, 3.63) is 10.8 Å². The molecule has 0 aromatic rings. The van der Waals surface area contributed by atoms with E-state index in [0.717, 1.165) is 0 Å². The van der Waals surface area contributed by atoms with Crippen LogP contribution < -0.4 is 0 Å². The van der Waals surface area contributed by atoms with Gasteiger partial charge in [0.25, 0.3) is 0 Å². The Labute approximate surface area is 112 Å². The third-order valence-electron chi connectivity index (χ3n) is 3.71. The molecule has 2 heteroatoms. The van der Waals surface area contributed by atoms with E-state index < -0.39 is 0 Å². The monoisotopic (exact) mass is 255 g/mol. The Bertz CT molecular complexity index is 211. The fraction of sp³-hybridized carbons (Fsp3) is 0.867. The van der Waals surface area contributed by atoms with Crippen LogP contribution in [0.2, 0.25) is 0 Å². The molecule has 17 heavy (non-hydrogen) atoms. The Morgan fingerprint density at radius 3 is 1.76 bits per heavy atom. The summed E-state index contributed by atoms with van der Waals surface area (Å²) in [4.78, 5) is 2.73. The van der Waals surface area contributed by atoms with Crippen LogP contribution in [-0.2, 0) is 0 Å². The van der Waals surface area contributed by atoms with Gasteiger partial charge in [-0.3, -0.25) is 4.90 Å². The first-order chi connectivity index (χ1) is 8.08. The Balaban J connectivity index is 4.64. The van der Waals surface area contributed by atoms with Crippen molar-refractivity contribution in [3.8, 4) is 0 Å². The SMILES string of the molecule is CCCCN(CCCC)C(CC)C(C)=C(C)[SiH3]. The van der Waals surface area contributed by atoms with Crippen LogP contribution in [0.4, 0.5) is 0 Å². The predicted octanol–water partition coefficient (Wildman–Crippen LogP) is 3.33. The quantitative estimate of drug-likeness (QED) is 0.571. The lowest BCUT2D eigenvalue weighted by Crippen LogP contribution is -2.37. The summed E-state index contributed by atoms with van der Waals surface area (Å²) in [6.07, 6.45) is 6.56. The van der Waals surface area contributed by atoms with Gasteiger partial charge in [0.1, 0.15) is 0 Å². The smallest absolute Gasteiger partial charge is 0.0329 e. The maximum absolute atomic E-state index is 2.73. The summed E-state index contributed by atoms with van der Waals surface area (Å²) in [5.74, 6) is 0. The third-order valence-corrected chi connectivity index (χ3v) is 4.50. The van der Waals surface area contributed by atoms with Crippen molar-refractivity contribution in [2.75, 3.05) is 13.1 Å². The molecular formula is C15H33NSi. The largest absolute Gasteiger partial charge is 0.297 e. The molecule has 0 saturated carbocycles. The maximum Gasteiger partial charge on any atom is 0.0329 e. The molecule has 0 heterocycles. The fourth-order valence-electron chi connectivity index (χ4n) is 2.32. The lowest BCUT2D eigenvalue weighted by molar-refractivity contribution is 0.209. The van der Waals surface area contributed by atoms with E-state index in [4.69, 9.17) is 0 Å². The maximum atomic E-state index is 2.73. The van der Waals surface area contributed by atoms with Crippen molar-refractivity contribution in [2.24, 2.45) is 0 Å². The minimum absolute atomic E-state index is 0.700. The third kappa shape index (κ3) is 6.42. The first-order valence-electron chi connectivity index (χ1n) is 7.46. The molecule has 0 aliphatic rings. The van der Waals surface area contributed by atoms with Gasteiger partial charge in [-0.05, 0) is 46.2 Å². The molecule has 0 spiro atoms. The van der Waals surface area contributed by atoms with Gasteiger partial charge in [0.2, 0.25) is 0 Å². The van der Waals surface area contributed by atoms with E-state index in [9.17, 15) is 0 Å². The molecule has 0 radical (unpaired) electrons. The summed E-state index contributed by atoms with van der Waals surface area (Å²) in [5, 5.41) is 1.63. The van der Waals surface area contributed by atoms with Gasteiger partial charge in [0.15, 0.2) is 0 Å². The number of rotatable bonds is 9. The van der Waals surface area contributed by atoms with Gasteiger partial charge in [-0.1, -0.05) is 44.4 Å². The molecule has 0 aliphatic heterocycles. The minimum Gasteiger partial charge on any atom is -0.297 e. The average Bonchev–Trinajstić information content (AvgIpc) is 2.32. The Morgan fingerprint density at radius 2 is 1.47 bits per heavy atom. The van der Waals surface area contributed by atoms with Gasteiger partial charge in [-0.25, -0.2) is 0 Å². The van der Waals surface area contributed by atoms with Gasteiger partial charge in [0.05, 0.1) is 0 Å².